The predicted molar refractivity (Wildman–Crippen MR) is 138 cm³/mol. The molecule has 0 aliphatic heterocycles. The molecular formula is C29H35BrF14N2O. The van der Waals surface area contributed by atoms with Crippen molar-refractivity contribution >= 4 is 0 Å². The predicted octanol–water partition coefficient (Wildman–Crippen LogP) is 6.92. The summed E-state index contributed by atoms with van der Waals surface area (Å²) in [5.41, 5.74) is 0.679. The molecule has 0 atom stereocenters. The number of rotatable bonds is 19. The maximum absolute atomic E-state index is 13.8. The average Bonchev–Trinajstić information content (AvgIpc) is 3.29. The van der Waals surface area contributed by atoms with Gasteiger partial charge in [-0.05, 0) is 37.5 Å². The number of aromatic nitrogens is 2. The molecule has 2 rings (SSSR count). The van der Waals surface area contributed by atoms with Crippen LogP contribution in [0.2, 0.25) is 0 Å². The zero-order valence-corrected chi connectivity index (χ0v) is 26.9. The largest absolute Gasteiger partial charge is 1.00 e. The van der Waals surface area contributed by atoms with Gasteiger partial charge >= 0.3 is 35.8 Å². The highest BCUT2D eigenvalue weighted by Gasteiger charge is 2.90. The van der Waals surface area contributed by atoms with Crippen molar-refractivity contribution in [2.45, 2.75) is 120 Å². The molecule has 0 aliphatic rings. The van der Waals surface area contributed by atoms with Crippen LogP contribution in [0.5, 0.6) is 5.75 Å². The third-order valence-electron chi connectivity index (χ3n) is 7.73. The third-order valence-corrected chi connectivity index (χ3v) is 7.73. The molecular weight excluding hydrogens is 738 g/mol. The summed E-state index contributed by atoms with van der Waals surface area (Å²) in [6, 6.07) is 4.26. The van der Waals surface area contributed by atoms with E-state index in [1.807, 2.05) is 28.5 Å². The maximum Gasteiger partial charge on any atom is 0.460 e. The highest BCUT2D eigenvalue weighted by atomic mass is 79.9. The summed E-state index contributed by atoms with van der Waals surface area (Å²) in [5.74, 6) is -35.4. The molecule has 0 fully saturated rings. The van der Waals surface area contributed by atoms with Crippen LogP contribution in [0, 0.1) is 12.7 Å². The van der Waals surface area contributed by atoms with E-state index in [0.717, 1.165) is 31.5 Å². The fourth-order valence-electron chi connectivity index (χ4n) is 4.82. The molecule has 0 spiro atoms. The molecule has 1 aromatic carbocycles. The molecule has 0 amide bonds. The minimum Gasteiger partial charge on any atom is -1.00 e. The van der Waals surface area contributed by atoms with E-state index in [0.29, 0.717) is 37.2 Å². The van der Waals surface area contributed by atoms with Crippen molar-refractivity contribution in [3.05, 3.63) is 47.8 Å². The van der Waals surface area contributed by atoms with Gasteiger partial charge in [0.15, 0.2) is 0 Å². The second kappa shape index (κ2) is 16.4. The van der Waals surface area contributed by atoms with Gasteiger partial charge in [-0.25, -0.2) is 13.5 Å². The van der Waals surface area contributed by atoms with Crippen LogP contribution in [0.4, 0.5) is 61.5 Å². The Morgan fingerprint density at radius 1 is 0.681 bits per heavy atom. The van der Waals surface area contributed by atoms with E-state index >= 15 is 0 Å². The van der Waals surface area contributed by atoms with E-state index in [4.69, 9.17) is 4.74 Å². The van der Waals surface area contributed by atoms with Crippen LogP contribution in [0.15, 0.2) is 30.6 Å². The fraction of sp³-hybridized carbons (Fsp3) is 0.690. The number of unbranched alkanes of at least 4 members (excludes halogenated alkanes) is 8. The molecule has 47 heavy (non-hydrogen) atoms. The number of alkyl halides is 13. The molecule has 2 aromatic rings. The van der Waals surface area contributed by atoms with Crippen molar-refractivity contribution in [2.24, 2.45) is 0 Å². The summed E-state index contributed by atoms with van der Waals surface area (Å²) in [4.78, 5) is 0. The maximum atomic E-state index is 13.8. The number of ether oxygens (including phenoxy) is 1. The van der Waals surface area contributed by atoms with Gasteiger partial charge in [0.05, 0.1) is 13.7 Å². The fourth-order valence-corrected chi connectivity index (χ4v) is 4.82. The Morgan fingerprint density at radius 2 is 1.17 bits per heavy atom. The van der Waals surface area contributed by atoms with Crippen LogP contribution in [-0.2, 0) is 13.1 Å². The van der Waals surface area contributed by atoms with E-state index < -0.39 is 48.6 Å². The first-order valence-corrected chi connectivity index (χ1v) is 14.4. The number of halogens is 15. The van der Waals surface area contributed by atoms with Gasteiger partial charge in [-0.3, -0.25) is 0 Å². The monoisotopic (exact) mass is 772 g/mol. The Bertz CT molecular complexity index is 1260. The second-order valence-corrected chi connectivity index (χ2v) is 11.1. The van der Waals surface area contributed by atoms with Crippen LogP contribution in [0.25, 0.3) is 0 Å². The summed E-state index contributed by atoms with van der Waals surface area (Å²) < 4.78 is 194. The molecule has 0 unspecified atom stereocenters. The Balaban J connectivity index is 0.0000110. The van der Waals surface area contributed by atoms with Crippen molar-refractivity contribution < 1.29 is 87.8 Å². The van der Waals surface area contributed by atoms with E-state index in [-0.39, 0.29) is 35.6 Å². The molecule has 0 saturated carbocycles. The Hall–Kier alpha value is -2.27. The number of nitrogens with zero attached hydrogens (tertiary/aromatic N) is 2. The van der Waals surface area contributed by atoms with Crippen LogP contribution in [0.1, 0.15) is 75.6 Å². The van der Waals surface area contributed by atoms with Crippen molar-refractivity contribution in [3.63, 3.8) is 0 Å². The number of methoxy groups -OCH3 is 1. The Labute approximate surface area is 273 Å². The first-order chi connectivity index (χ1) is 21.0. The quantitative estimate of drug-likeness (QED) is 0.0862. The third kappa shape index (κ3) is 9.46. The molecule has 0 bridgehead atoms. The van der Waals surface area contributed by atoms with Gasteiger partial charge < -0.3 is 21.7 Å². The van der Waals surface area contributed by atoms with Gasteiger partial charge in [-0.15, -0.1) is 0 Å². The minimum atomic E-state index is -7.85. The van der Waals surface area contributed by atoms with Gasteiger partial charge in [-0.1, -0.05) is 38.5 Å². The first kappa shape index (κ1) is 42.8. The second-order valence-electron chi connectivity index (χ2n) is 11.1. The van der Waals surface area contributed by atoms with Crippen molar-refractivity contribution in [2.75, 3.05) is 7.11 Å². The Kier molecular flexibility index (Phi) is 14.9. The molecule has 1 heterocycles. The lowest BCUT2D eigenvalue weighted by atomic mass is 9.91. The van der Waals surface area contributed by atoms with Crippen LogP contribution >= 0.6 is 0 Å². The molecule has 3 nitrogen and oxygen atoms in total. The molecule has 0 N–H and O–H groups in total. The zero-order chi connectivity index (χ0) is 35.2. The minimum absolute atomic E-state index is 0. The molecule has 1 aromatic heterocycles. The van der Waals surface area contributed by atoms with Gasteiger partial charge in [-0.2, -0.15) is 57.1 Å². The molecule has 0 aliphatic carbocycles. The van der Waals surface area contributed by atoms with Crippen LogP contribution < -0.4 is 26.3 Å². The topological polar surface area (TPSA) is 18.0 Å². The number of hydrogen-bond donors (Lipinski definition) is 0. The standard InChI is InChI=1S/C29H35F14N2O.BrH/c1-20-44(16-17-45(20)19-21-18-22(30)12-13-23(21)46-2)15-11-9-7-5-3-4-6-8-10-14-24(31,32)25(33,34)26(35,36)27(37,38)28(39,40)29(41,42)43;/h12-13,16-18H,3-11,14-15,19H2,1-2H3;1H/q+1;/p-1. The number of aryl methyl sites for hydroxylation is 1. The molecule has 0 saturated heterocycles. The van der Waals surface area contributed by atoms with E-state index in [2.05, 4.69) is 0 Å². The van der Waals surface area contributed by atoms with Gasteiger partial charge in [0, 0.05) is 18.9 Å². The summed E-state index contributed by atoms with van der Waals surface area (Å²) >= 11 is 0. The summed E-state index contributed by atoms with van der Waals surface area (Å²) in [6.07, 6.45) is -2.46. The molecule has 0 radical (unpaired) electrons. The highest BCUT2D eigenvalue weighted by Crippen LogP contribution is 2.60. The average molecular weight is 773 g/mol. The van der Waals surface area contributed by atoms with Crippen LogP contribution in [0.3, 0.4) is 0 Å². The van der Waals surface area contributed by atoms with Crippen molar-refractivity contribution in [1.82, 2.24) is 4.57 Å². The summed E-state index contributed by atoms with van der Waals surface area (Å²) in [5, 5.41) is 0. The lowest BCUT2D eigenvalue weighted by Crippen LogP contribution is -3.00. The van der Waals surface area contributed by atoms with Crippen LogP contribution in [-0.4, -0.2) is 47.5 Å². The Morgan fingerprint density at radius 3 is 1.68 bits per heavy atom. The summed E-state index contributed by atoms with van der Waals surface area (Å²) in [7, 11) is 1.50. The van der Waals surface area contributed by atoms with E-state index in [1.54, 1.807) is 6.07 Å². The number of hydrogen-bond acceptors (Lipinski definition) is 1. The van der Waals surface area contributed by atoms with E-state index in [1.165, 1.54) is 19.2 Å². The normalized spacial score (nSPS) is 13.5. The number of imidazole rings is 1. The van der Waals surface area contributed by atoms with Crippen molar-refractivity contribution in [3.8, 4) is 5.75 Å². The smallest absolute Gasteiger partial charge is 0.460 e. The molecule has 272 valence electrons. The van der Waals surface area contributed by atoms with E-state index in [9.17, 15) is 61.5 Å². The van der Waals surface area contributed by atoms with Gasteiger partial charge in [0.25, 0.3) is 5.82 Å². The van der Waals surface area contributed by atoms with Gasteiger partial charge in [0.2, 0.25) is 0 Å². The highest BCUT2D eigenvalue weighted by molar-refractivity contribution is 5.33. The number of benzene rings is 1. The zero-order valence-electron chi connectivity index (χ0n) is 25.3. The SMILES string of the molecule is COc1ccc(F)cc1C[n+]1ccn(CCCCCCCCCCCC(F)(F)C(F)(F)C(F)(F)C(F)(F)C(F)(F)C(F)(F)F)c1C.[Br-]. The van der Waals surface area contributed by atoms with Crippen molar-refractivity contribution in [1.29, 1.82) is 0 Å². The van der Waals surface area contributed by atoms with Gasteiger partial charge in [0.1, 0.15) is 30.5 Å². The summed E-state index contributed by atoms with van der Waals surface area (Å²) in [6.45, 7) is 3.02. The lowest BCUT2D eigenvalue weighted by molar-refractivity contribution is -0.694. The lowest BCUT2D eigenvalue weighted by Gasteiger charge is -2.39. The molecule has 18 heteroatoms. The first-order valence-electron chi connectivity index (χ1n) is 14.4.